The first-order valence-corrected chi connectivity index (χ1v) is 6.31. The van der Waals surface area contributed by atoms with Gasteiger partial charge in [-0.2, -0.15) is 0 Å². The third-order valence-corrected chi connectivity index (χ3v) is 3.38. The molecule has 4 heteroatoms. The minimum Gasteiger partial charge on any atom is -0.371 e. The number of nitrogens with zero attached hydrogens (tertiary/aromatic N) is 1. The summed E-state index contributed by atoms with van der Waals surface area (Å²) < 4.78 is 0. The van der Waals surface area contributed by atoms with Gasteiger partial charge >= 0.3 is 0 Å². The Morgan fingerprint density at radius 1 is 1.35 bits per heavy atom. The maximum absolute atomic E-state index is 11.6. The maximum Gasteiger partial charge on any atom is 0.250 e. The molecule has 1 saturated heterocycles. The van der Waals surface area contributed by atoms with Crippen LogP contribution in [0, 0.1) is 0 Å². The number of piperidine rings is 1. The summed E-state index contributed by atoms with van der Waals surface area (Å²) in [6, 6.07) is 4.09. The minimum atomic E-state index is -0.0129. The van der Waals surface area contributed by atoms with Gasteiger partial charge in [0.05, 0.1) is 0 Å². The molecular formula is C13H21N3O. The van der Waals surface area contributed by atoms with Crippen LogP contribution in [0.2, 0.25) is 0 Å². The van der Waals surface area contributed by atoms with Gasteiger partial charge in [0.15, 0.2) is 0 Å². The highest BCUT2D eigenvalue weighted by Crippen LogP contribution is 2.21. The Morgan fingerprint density at radius 2 is 2.00 bits per heavy atom. The first-order chi connectivity index (χ1) is 8.06. The average Bonchev–Trinajstić information content (AvgIpc) is 2.29. The summed E-state index contributed by atoms with van der Waals surface area (Å²) in [6.07, 6.45) is 2.01. The van der Waals surface area contributed by atoms with Crippen molar-refractivity contribution in [2.24, 2.45) is 5.73 Å². The lowest BCUT2D eigenvalue weighted by molar-refractivity contribution is 0.501. The van der Waals surface area contributed by atoms with Crippen LogP contribution in [-0.4, -0.2) is 24.1 Å². The average molecular weight is 235 g/mol. The van der Waals surface area contributed by atoms with E-state index in [2.05, 4.69) is 29.8 Å². The summed E-state index contributed by atoms with van der Waals surface area (Å²) >= 11 is 0. The number of aromatic amines is 1. The molecule has 3 N–H and O–H groups in total. The van der Waals surface area contributed by atoms with Crippen LogP contribution in [0.3, 0.4) is 0 Å². The van der Waals surface area contributed by atoms with E-state index in [-0.39, 0.29) is 5.56 Å². The highest BCUT2D eigenvalue weighted by molar-refractivity contribution is 5.47. The van der Waals surface area contributed by atoms with Gasteiger partial charge in [-0.05, 0) is 24.8 Å². The van der Waals surface area contributed by atoms with Crippen LogP contribution in [0.1, 0.15) is 38.3 Å². The number of pyridine rings is 1. The molecule has 1 aromatic rings. The van der Waals surface area contributed by atoms with E-state index < -0.39 is 0 Å². The van der Waals surface area contributed by atoms with Gasteiger partial charge in [-0.3, -0.25) is 4.79 Å². The predicted octanol–water partition coefficient (Wildman–Crippen LogP) is 1.43. The monoisotopic (exact) mass is 235 g/mol. The lowest BCUT2D eigenvalue weighted by Crippen LogP contribution is -2.40. The van der Waals surface area contributed by atoms with E-state index >= 15 is 0 Å². The van der Waals surface area contributed by atoms with Crippen molar-refractivity contribution < 1.29 is 0 Å². The summed E-state index contributed by atoms with van der Waals surface area (Å²) in [5.41, 5.74) is 7.91. The molecule has 1 aliphatic rings. The fraction of sp³-hybridized carbons (Fsp3) is 0.615. The molecule has 2 rings (SSSR count). The second-order valence-corrected chi connectivity index (χ2v) is 5.14. The van der Waals surface area contributed by atoms with E-state index in [0.29, 0.717) is 12.0 Å². The summed E-state index contributed by atoms with van der Waals surface area (Å²) in [5.74, 6) is 0.342. The standard InChI is InChI=1S/C13H21N3O/c1-9(2)12-7-11(8-13(17)15-12)16-5-3-10(14)4-6-16/h7-10H,3-6,14H2,1-2H3,(H,15,17). The molecule has 1 aromatic heterocycles. The van der Waals surface area contributed by atoms with Crippen LogP contribution in [0.5, 0.6) is 0 Å². The molecule has 0 saturated carbocycles. The molecule has 0 amide bonds. The van der Waals surface area contributed by atoms with Gasteiger partial charge in [0.25, 0.3) is 0 Å². The summed E-state index contributed by atoms with van der Waals surface area (Å²) in [7, 11) is 0. The number of anilines is 1. The van der Waals surface area contributed by atoms with E-state index in [1.165, 1.54) is 0 Å². The van der Waals surface area contributed by atoms with Crippen molar-refractivity contribution in [3.63, 3.8) is 0 Å². The van der Waals surface area contributed by atoms with Crippen molar-refractivity contribution in [3.8, 4) is 0 Å². The van der Waals surface area contributed by atoms with Crippen molar-refractivity contribution in [2.45, 2.75) is 38.6 Å². The van der Waals surface area contributed by atoms with Crippen molar-refractivity contribution in [1.82, 2.24) is 4.98 Å². The topological polar surface area (TPSA) is 62.1 Å². The molecule has 0 bridgehead atoms. The van der Waals surface area contributed by atoms with Gasteiger partial charge < -0.3 is 15.6 Å². The number of rotatable bonds is 2. The molecule has 2 heterocycles. The van der Waals surface area contributed by atoms with Gasteiger partial charge in [0.2, 0.25) is 5.56 Å². The van der Waals surface area contributed by atoms with Crippen LogP contribution >= 0.6 is 0 Å². The highest BCUT2D eigenvalue weighted by atomic mass is 16.1. The lowest BCUT2D eigenvalue weighted by Gasteiger charge is -2.32. The second kappa shape index (κ2) is 4.92. The van der Waals surface area contributed by atoms with E-state index in [9.17, 15) is 4.79 Å². The van der Waals surface area contributed by atoms with Crippen molar-refractivity contribution >= 4 is 5.69 Å². The van der Waals surface area contributed by atoms with Crippen LogP contribution in [0.25, 0.3) is 0 Å². The van der Waals surface area contributed by atoms with Gasteiger partial charge in [-0.15, -0.1) is 0 Å². The Balaban J connectivity index is 2.23. The van der Waals surface area contributed by atoms with Gasteiger partial charge in [0.1, 0.15) is 0 Å². The first-order valence-electron chi connectivity index (χ1n) is 6.31. The fourth-order valence-electron chi connectivity index (χ4n) is 2.20. The number of aromatic nitrogens is 1. The molecule has 0 radical (unpaired) electrons. The number of nitrogens with two attached hydrogens (primary N) is 1. The predicted molar refractivity (Wildman–Crippen MR) is 70.6 cm³/mol. The second-order valence-electron chi connectivity index (χ2n) is 5.14. The smallest absolute Gasteiger partial charge is 0.250 e. The number of hydrogen-bond acceptors (Lipinski definition) is 3. The zero-order chi connectivity index (χ0) is 12.4. The molecule has 0 aliphatic carbocycles. The Morgan fingerprint density at radius 3 is 2.59 bits per heavy atom. The van der Waals surface area contributed by atoms with E-state index in [1.807, 2.05) is 0 Å². The highest BCUT2D eigenvalue weighted by Gasteiger charge is 2.17. The molecule has 94 valence electrons. The van der Waals surface area contributed by atoms with Gasteiger partial charge in [0, 0.05) is 36.6 Å². The zero-order valence-corrected chi connectivity index (χ0v) is 10.6. The van der Waals surface area contributed by atoms with Crippen molar-refractivity contribution in [2.75, 3.05) is 18.0 Å². The Hall–Kier alpha value is -1.29. The molecule has 0 spiro atoms. The third-order valence-electron chi connectivity index (χ3n) is 3.38. The summed E-state index contributed by atoms with van der Waals surface area (Å²) in [4.78, 5) is 16.8. The fourth-order valence-corrected chi connectivity index (χ4v) is 2.20. The number of hydrogen-bond donors (Lipinski definition) is 2. The molecule has 0 atom stereocenters. The Kier molecular flexibility index (Phi) is 3.52. The van der Waals surface area contributed by atoms with Crippen LogP contribution in [0.4, 0.5) is 5.69 Å². The largest absolute Gasteiger partial charge is 0.371 e. The zero-order valence-electron chi connectivity index (χ0n) is 10.6. The molecule has 0 unspecified atom stereocenters. The maximum atomic E-state index is 11.6. The Bertz CT molecular complexity index is 431. The minimum absolute atomic E-state index is 0.0129. The SMILES string of the molecule is CC(C)c1cc(N2CCC(N)CC2)cc(=O)[nH]1. The van der Waals surface area contributed by atoms with Crippen molar-refractivity contribution in [1.29, 1.82) is 0 Å². The van der Waals surface area contributed by atoms with E-state index in [0.717, 1.165) is 37.3 Å². The van der Waals surface area contributed by atoms with Gasteiger partial charge in [-0.25, -0.2) is 0 Å². The van der Waals surface area contributed by atoms with E-state index in [4.69, 9.17) is 5.73 Å². The molecule has 0 aromatic carbocycles. The number of H-pyrrole nitrogens is 1. The molecule has 1 fully saturated rings. The molecule has 1 aliphatic heterocycles. The third kappa shape index (κ3) is 2.88. The normalized spacial score (nSPS) is 17.8. The first kappa shape index (κ1) is 12.2. The van der Waals surface area contributed by atoms with E-state index in [1.54, 1.807) is 6.07 Å². The number of nitrogens with one attached hydrogen (secondary N) is 1. The summed E-state index contributed by atoms with van der Waals surface area (Å²) in [5, 5.41) is 0. The molecular weight excluding hydrogens is 214 g/mol. The Labute approximate surface area is 102 Å². The lowest BCUT2D eigenvalue weighted by atomic mass is 10.0. The van der Waals surface area contributed by atoms with Crippen LogP contribution in [-0.2, 0) is 0 Å². The molecule has 17 heavy (non-hydrogen) atoms. The molecule has 4 nitrogen and oxygen atoms in total. The van der Waals surface area contributed by atoms with Crippen LogP contribution in [0.15, 0.2) is 16.9 Å². The van der Waals surface area contributed by atoms with Gasteiger partial charge in [-0.1, -0.05) is 13.8 Å². The van der Waals surface area contributed by atoms with Crippen LogP contribution < -0.4 is 16.2 Å². The summed E-state index contributed by atoms with van der Waals surface area (Å²) in [6.45, 7) is 6.06. The van der Waals surface area contributed by atoms with Crippen molar-refractivity contribution in [3.05, 3.63) is 28.2 Å². The quantitative estimate of drug-likeness (QED) is 0.815.